The molecule has 4 rings (SSSR count). The first kappa shape index (κ1) is 30.8. The summed E-state index contributed by atoms with van der Waals surface area (Å²) >= 11 is 24.5. The molecule has 1 aliphatic carbocycles. The highest BCUT2D eigenvalue weighted by molar-refractivity contribution is 6.53. The second-order valence-corrected chi connectivity index (χ2v) is 11.0. The van der Waals surface area contributed by atoms with Gasteiger partial charge in [0.2, 0.25) is 5.91 Å². The summed E-state index contributed by atoms with van der Waals surface area (Å²) in [5.74, 6) is -12.6. The lowest BCUT2D eigenvalue weighted by Gasteiger charge is -2.13. The molecular formula is C25H13Cl4F6N3O3. The van der Waals surface area contributed by atoms with Crippen molar-refractivity contribution in [3.05, 3.63) is 86.9 Å². The Hall–Kier alpha value is -3.19. The van der Waals surface area contributed by atoms with E-state index >= 15 is 0 Å². The molecule has 1 fully saturated rings. The van der Waals surface area contributed by atoms with Crippen LogP contribution < -0.4 is 16.0 Å². The summed E-state index contributed by atoms with van der Waals surface area (Å²) in [7, 11) is 0. The molecule has 0 heterocycles. The van der Waals surface area contributed by atoms with Crippen molar-refractivity contribution in [3.8, 4) is 0 Å². The molecule has 0 radical (unpaired) electrons. The van der Waals surface area contributed by atoms with Gasteiger partial charge in [-0.05, 0) is 42.0 Å². The zero-order chi connectivity index (χ0) is 30.4. The molecule has 0 saturated heterocycles. The fourth-order valence-electron chi connectivity index (χ4n) is 4.00. The Labute approximate surface area is 246 Å². The van der Waals surface area contributed by atoms with Crippen molar-refractivity contribution in [1.29, 1.82) is 0 Å². The highest BCUT2D eigenvalue weighted by Gasteiger charge is 2.67. The molecule has 3 amide bonds. The Kier molecular flexibility index (Phi) is 8.70. The Morgan fingerprint density at radius 1 is 0.805 bits per heavy atom. The van der Waals surface area contributed by atoms with E-state index < -0.39 is 86.2 Å². The standard InChI is InChI=1S/C25H13Cl4F6N3O3/c26-9-3-8(4-10(27)5-9)16-17(25(16,28)29)23(40)36-11-6-12(18(32)14(31)7-11)22(39)37-15-2-1-13(30)20(19(15)33)38-24(41)21(34)35/h1-7,16-17,21H,(H,36,40)(H,37,39)(H,38,41)/t16-,17+/m0/s1. The third-order valence-corrected chi connectivity index (χ3v) is 7.28. The van der Waals surface area contributed by atoms with E-state index in [0.717, 1.165) is 0 Å². The monoisotopic (exact) mass is 657 g/mol. The van der Waals surface area contributed by atoms with Crippen molar-refractivity contribution >= 4 is 81.2 Å². The summed E-state index contributed by atoms with van der Waals surface area (Å²) in [5.41, 5.74) is -3.19. The largest absolute Gasteiger partial charge is 0.326 e. The van der Waals surface area contributed by atoms with Gasteiger partial charge in [-0.2, -0.15) is 8.78 Å². The van der Waals surface area contributed by atoms with Crippen LogP contribution in [0.5, 0.6) is 0 Å². The lowest BCUT2D eigenvalue weighted by molar-refractivity contribution is -0.126. The molecule has 0 unspecified atom stereocenters. The van der Waals surface area contributed by atoms with Crippen LogP contribution in [0.25, 0.3) is 0 Å². The van der Waals surface area contributed by atoms with Crippen LogP contribution in [0.3, 0.4) is 0 Å². The molecular weight excluding hydrogens is 646 g/mol. The van der Waals surface area contributed by atoms with Crippen LogP contribution in [0.2, 0.25) is 10.0 Å². The average Bonchev–Trinajstić information content (AvgIpc) is 3.46. The molecule has 2 atom stereocenters. The number of rotatable bonds is 7. The smallest absolute Gasteiger partial charge is 0.315 e. The minimum absolute atomic E-state index is 0.250. The highest BCUT2D eigenvalue weighted by atomic mass is 35.5. The molecule has 0 bridgehead atoms. The van der Waals surface area contributed by atoms with Gasteiger partial charge in [0, 0.05) is 27.7 Å². The number of amides is 3. The first-order chi connectivity index (χ1) is 19.1. The molecule has 1 aliphatic rings. The second kappa shape index (κ2) is 11.6. The van der Waals surface area contributed by atoms with Crippen molar-refractivity contribution in [2.45, 2.75) is 16.7 Å². The number of carbonyl (C=O) groups is 3. The zero-order valence-corrected chi connectivity index (χ0v) is 22.8. The highest BCUT2D eigenvalue weighted by Crippen LogP contribution is 2.65. The summed E-state index contributed by atoms with van der Waals surface area (Å²) < 4.78 is 80.9. The topological polar surface area (TPSA) is 87.3 Å². The molecule has 16 heteroatoms. The molecule has 3 N–H and O–H groups in total. The number of nitrogens with one attached hydrogen (secondary N) is 3. The predicted octanol–water partition coefficient (Wildman–Crippen LogP) is 7.53. The number of carbonyl (C=O) groups excluding carboxylic acids is 3. The average molecular weight is 659 g/mol. The fourth-order valence-corrected chi connectivity index (χ4v) is 5.37. The van der Waals surface area contributed by atoms with E-state index in [-0.39, 0.29) is 10.0 Å². The number of alkyl halides is 4. The van der Waals surface area contributed by atoms with Gasteiger partial charge < -0.3 is 16.0 Å². The Bertz CT molecular complexity index is 1570. The van der Waals surface area contributed by atoms with Gasteiger partial charge in [-0.1, -0.05) is 23.2 Å². The summed E-state index contributed by atoms with van der Waals surface area (Å²) in [6.07, 6.45) is -3.61. The minimum atomic E-state index is -3.61. The van der Waals surface area contributed by atoms with Gasteiger partial charge in [-0.25, -0.2) is 17.6 Å². The quantitative estimate of drug-likeness (QED) is 0.181. The SMILES string of the molecule is O=C(Nc1ccc(F)c(NC(=O)C(F)F)c1F)c1cc(NC(=O)[C@H]2[C@H](c3cc(Cl)cc(Cl)c3)C2(Cl)Cl)cc(F)c1F. The molecule has 3 aromatic carbocycles. The molecule has 0 aromatic heterocycles. The Morgan fingerprint density at radius 2 is 1.44 bits per heavy atom. The van der Waals surface area contributed by atoms with E-state index in [9.17, 15) is 40.7 Å². The Balaban J connectivity index is 1.56. The molecule has 1 saturated carbocycles. The number of halogens is 10. The van der Waals surface area contributed by atoms with Gasteiger partial charge in [0.1, 0.15) is 15.8 Å². The van der Waals surface area contributed by atoms with Crippen LogP contribution in [0.4, 0.5) is 43.4 Å². The van der Waals surface area contributed by atoms with E-state index in [2.05, 4.69) is 5.32 Å². The molecule has 0 aliphatic heterocycles. The first-order valence-corrected chi connectivity index (χ1v) is 12.6. The lowest BCUT2D eigenvalue weighted by Crippen LogP contribution is -2.23. The summed E-state index contributed by atoms with van der Waals surface area (Å²) in [6, 6.07) is 6.86. The maximum atomic E-state index is 14.7. The third kappa shape index (κ3) is 6.35. The maximum absolute atomic E-state index is 14.7. The van der Waals surface area contributed by atoms with E-state index in [1.54, 1.807) is 0 Å². The predicted molar refractivity (Wildman–Crippen MR) is 141 cm³/mol. The van der Waals surface area contributed by atoms with Gasteiger partial charge in [-0.15, -0.1) is 23.2 Å². The van der Waals surface area contributed by atoms with Crippen LogP contribution in [-0.4, -0.2) is 28.5 Å². The normalized spacial score (nSPS) is 17.2. The van der Waals surface area contributed by atoms with Crippen molar-refractivity contribution in [2.24, 2.45) is 5.92 Å². The maximum Gasteiger partial charge on any atom is 0.315 e. The summed E-state index contributed by atoms with van der Waals surface area (Å²) in [5, 5.41) is 5.92. The summed E-state index contributed by atoms with van der Waals surface area (Å²) in [6.45, 7) is 0. The minimum Gasteiger partial charge on any atom is -0.326 e. The van der Waals surface area contributed by atoms with Gasteiger partial charge in [-0.3, -0.25) is 14.4 Å². The zero-order valence-electron chi connectivity index (χ0n) is 19.8. The molecule has 216 valence electrons. The van der Waals surface area contributed by atoms with Crippen LogP contribution >= 0.6 is 46.4 Å². The van der Waals surface area contributed by atoms with Crippen LogP contribution in [0.1, 0.15) is 21.8 Å². The number of hydrogen-bond acceptors (Lipinski definition) is 3. The number of hydrogen-bond donors (Lipinski definition) is 3. The lowest BCUT2D eigenvalue weighted by atomic mass is 10.1. The number of anilines is 3. The van der Waals surface area contributed by atoms with Crippen molar-refractivity contribution in [2.75, 3.05) is 16.0 Å². The van der Waals surface area contributed by atoms with E-state index in [1.165, 1.54) is 23.5 Å². The Morgan fingerprint density at radius 3 is 2.05 bits per heavy atom. The second-order valence-electron chi connectivity index (χ2n) is 8.67. The fraction of sp³-hybridized carbons (Fsp3) is 0.160. The van der Waals surface area contributed by atoms with Crippen molar-refractivity contribution < 1.29 is 40.7 Å². The molecule has 0 spiro atoms. The molecule has 3 aromatic rings. The number of benzene rings is 3. The van der Waals surface area contributed by atoms with Gasteiger partial charge in [0.25, 0.3) is 11.8 Å². The van der Waals surface area contributed by atoms with Crippen LogP contribution in [0.15, 0.2) is 42.5 Å². The third-order valence-electron chi connectivity index (χ3n) is 5.91. The van der Waals surface area contributed by atoms with E-state index in [4.69, 9.17) is 46.4 Å². The van der Waals surface area contributed by atoms with Gasteiger partial charge in [0.05, 0.1) is 17.2 Å². The van der Waals surface area contributed by atoms with E-state index in [0.29, 0.717) is 29.8 Å². The molecule has 6 nitrogen and oxygen atoms in total. The van der Waals surface area contributed by atoms with Crippen molar-refractivity contribution in [3.63, 3.8) is 0 Å². The van der Waals surface area contributed by atoms with Crippen molar-refractivity contribution in [1.82, 2.24) is 0 Å². The van der Waals surface area contributed by atoms with Gasteiger partial charge >= 0.3 is 6.43 Å². The summed E-state index contributed by atoms with van der Waals surface area (Å²) in [4.78, 5) is 36.8. The first-order valence-electron chi connectivity index (χ1n) is 11.1. The van der Waals surface area contributed by atoms with Crippen LogP contribution in [-0.2, 0) is 9.59 Å². The van der Waals surface area contributed by atoms with E-state index in [1.807, 2.05) is 5.32 Å². The van der Waals surface area contributed by atoms with Gasteiger partial charge in [0.15, 0.2) is 17.5 Å². The van der Waals surface area contributed by atoms with Crippen LogP contribution in [0, 0.1) is 29.2 Å². The molecule has 41 heavy (non-hydrogen) atoms.